The third-order valence-corrected chi connectivity index (χ3v) is 2.93. The molecule has 98 valence electrons. The normalized spacial score (nSPS) is 11.9. The van der Waals surface area contributed by atoms with Crippen LogP contribution in [0.2, 0.25) is 0 Å². The van der Waals surface area contributed by atoms with E-state index in [9.17, 15) is 9.59 Å². The number of rotatable bonds is 6. The van der Waals surface area contributed by atoms with Crippen molar-refractivity contribution < 1.29 is 14.7 Å². The molecule has 4 nitrogen and oxygen atoms in total. The highest BCUT2D eigenvalue weighted by Gasteiger charge is 2.28. The van der Waals surface area contributed by atoms with Crippen molar-refractivity contribution >= 4 is 24.5 Å². The summed E-state index contributed by atoms with van der Waals surface area (Å²) in [6.07, 6.45) is 0.704. The molecule has 1 atom stereocenters. The molecule has 1 amide bonds. The Kier molecular flexibility index (Phi) is 5.71. The zero-order valence-electron chi connectivity index (χ0n) is 10.2. The first-order valence-corrected chi connectivity index (χ1v) is 6.44. The van der Waals surface area contributed by atoms with Crippen LogP contribution in [0.15, 0.2) is 30.3 Å². The maximum Gasteiger partial charge on any atom is 0.327 e. The molecule has 0 aromatic heterocycles. The van der Waals surface area contributed by atoms with Crippen LogP contribution in [0.25, 0.3) is 0 Å². The minimum atomic E-state index is -1.03. The predicted octanol–water partition coefficient (Wildman–Crippen LogP) is 1.92. The summed E-state index contributed by atoms with van der Waals surface area (Å²) in [5.41, 5.74) is 0.499. The number of carbonyl (C=O) groups is 2. The SMILES string of the molecule is CCCN(C(=O)c1ccccc1)[C@@H](CS)C(=O)O. The summed E-state index contributed by atoms with van der Waals surface area (Å²) in [5, 5.41) is 9.12. The topological polar surface area (TPSA) is 57.6 Å². The second kappa shape index (κ2) is 7.06. The Balaban J connectivity index is 2.97. The number of amides is 1. The summed E-state index contributed by atoms with van der Waals surface area (Å²) >= 11 is 4.02. The van der Waals surface area contributed by atoms with Gasteiger partial charge in [0, 0.05) is 17.9 Å². The van der Waals surface area contributed by atoms with Crippen LogP contribution in [0.3, 0.4) is 0 Å². The first-order chi connectivity index (χ1) is 8.61. The second-order valence-corrected chi connectivity index (χ2v) is 4.27. The Hall–Kier alpha value is -1.49. The van der Waals surface area contributed by atoms with Crippen molar-refractivity contribution in [3.63, 3.8) is 0 Å². The van der Waals surface area contributed by atoms with E-state index in [4.69, 9.17) is 5.11 Å². The van der Waals surface area contributed by atoms with Gasteiger partial charge in [0.1, 0.15) is 6.04 Å². The van der Waals surface area contributed by atoms with E-state index in [-0.39, 0.29) is 11.7 Å². The van der Waals surface area contributed by atoms with Gasteiger partial charge in [0.2, 0.25) is 0 Å². The highest BCUT2D eigenvalue weighted by atomic mass is 32.1. The van der Waals surface area contributed by atoms with Crippen LogP contribution >= 0.6 is 12.6 Å². The van der Waals surface area contributed by atoms with Gasteiger partial charge < -0.3 is 10.0 Å². The Bertz CT molecular complexity index is 408. The molecule has 1 N–H and O–H groups in total. The van der Waals surface area contributed by atoms with Gasteiger partial charge in [-0.3, -0.25) is 4.79 Å². The van der Waals surface area contributed by atoms with E-state index < -0.39 is 12.0 Å². The van der Waals surface area contributed by atoms with Crippen molar-refractivity contribution in [3.8, 4) is 0 Å². The maximum atomic E-state index is 12.3. The fourth-order valence-corrected chi connectivity index (χ4v) is 2.05. The van der Waals surface area contributed by atoms with Crippen LogP contribution in [0.4, 0.5) is 0 Å². The van der Waals surface area contributed by atoms with Crippen LogP contribution in [0.1, 0.15) is 23.7 Å². The fourth-order valence-electron chi connectivity index (χ4n) is 1.70. The number of carboxylic acid groups (broad SMARTS) is 1. The fraction of sp³-hybridized carbons (Fsp3) is 0.385. The van der Waals surface area contributed by atoms with Crippen LogP contribution < -0.4 is 0 Å². The van der Waals surface area contributed by atoms with E-state index >= 15 is 0 Å². The van der Waals surface area contributed by atoms with E-state index in [0.29, 0.717) is 18.5 Å². The molecule has 0 spiro atoms. The molecule has 0 aliphatic carbocycles. The van der Waals surface area contributed by atoms with Crippen molar-refractivity contribution in [2.75, 3.05) is 12.3 Å². The lowest BCUT2D eigenvalue weighted by molar-refractivity contribution is -0.141. The molecule has 0 saturated carbocycles. The molecule has 0 fully saturated rings. The summed E-state index contributed by atoms with van der Waals surface area (Å²) in [5.74, 6) is -1.19. The quantitative estimate of drug-likeness (QED) is 0.774. The Morgan fingerprint density at radius 1 is 1.33 bits per heavy atom. The molecule has 0 aliphatic heterocycles. The molecular formula is C13H17NO3S. The number of aliphatic carboxylic acids is 1. The molecule has 1 aromatic carbocycles. The Morgan fingerprint density at radius 3 is 2.39 bits per heavy atom. The van der Waals surface area contributed by atoms with Crippen molar-refractivity contribution in [3.05, 3.63) is 35.9 Å². The largest absolute Gasteiger partial charge is 0.480 e. The second-order valence-electron chi connectivity index (χ2n) is 3.90. The average molecular weight is 267 g/mol. The first-order valence-electron chi connectivity index (χ1n) is 5.81. The number of thiol groups is 1. The highest BCUT2D eigenvalue weighted by molar-refractivity contribution is 7.80. The monoisotopic (exact) mass is 267 g/mol. The molecule has 1 rings (SSSR count). The predicted molar refractivity (Wildman–Crippen MR) is 73.0 cm³/mol. The summed E-state index contributed by atoms with van der Waals surface area (Å²) in [6, 6.07) is 7.81. The van der Waals surface area contributed by atoms with Gasteiger partial charge in [-0.1, -0.05) is 25.1 Å². The standard InChI is InChI=1S/C13H17NO3S/c1-2-8-14(11(9-18)13(16)17)12(15)10-6-4-3-5-7-10/h3-7,11,18H,2,8-9H2,1H3,(H,16,17)/t11-/m0/s1. The molecule has 0 aliphatic rings. The lowest BCUT2D eigenvalue weighted by Crippen LogP contribution is -2.46. The summed E-state index contributed by atoms with van der Waals surface area (Å²) in [4.78, 5) is 24.8. The smallest absolute Gasteiger partial charge is 0.327 e. The van der Waals surface area contributed by atoms with Gasteiger partial charge in [-0.05, 0) is 18.6 Å². The number of hydrogen-bond acceptors (Lipinski definition) is 3. The average Bonchev–Trinajstić information content (AvgIpc) is 2.38. The number of carbonyl (C=O) groups excluding carboxylic acids is 1. The van der Waals surface area contributed by atoms with Crippen LogP contribution in [-0.2, 0) is 4.79 Å². The molecule has 0 saturated heterocycles. The Labute approximate surface area is 112 Å². The van der Waals surface area contributed by atoms with Crippen molar-refractivity contribution in [2.24, 2.45) is 0 Å². The van der Waals surface area contributed by atoms with Gasteiger partial charge in [-0.25, -0.2) is 4.79 Å². The molecule has 0 heterocycles. The molecule has 0 bridgehead atoms. The summed E-state index contributed by atoms with van der Waals surface area (Å²) < 4.78 is 0. The summed E-state index contributed by atoms with van der Waals surface area (Å²) in [6.45, 7) is 2.31. The van der Waals surface area contributed by atoms with E-state index in [0.717, 1.165) is 0 Å². The number of nitrogens with zero attached hydrogens (tertiary/aromatic N) is 1. The van der Waals surface area contributed by atoms with E-state index in [1.807, 2.05) is 13.0 Å². The van der Waals surface area contributed by atoms with Crippen molar-refractivity contribution in [1.29, 1.82) is 0 Å². The molecule has 0 unspecified atom stereocenters. The van der Waals surface area contributed by atoms with Gasteiger partial charge in [-0.2, -0.15) is 12.6 Å². The van der Waals surface area contributed by atoms with Crippen LogP contribution in [0, 0.1) is 0 Å². The van der Waals surface area contributed by atoms with Crippen LogP contribution in [0.5, 0.6) is 0 Å². The van der Waals surface area contributed by atoms with E-state index in [2.05, 4.69) is 12.6 Å². The van der Waals surface area contributed by atoms with Crippen molar-refractivity contribution in [1.82, 2.24) is 4.90 Å². The number of benzene rings is 1. The number of carboxylic acids is 1. The lowest BCUT2D eigenvalue weighted by atomic mass is 10.1. The van der Waals surface area contributed by atoms with Gasteiger partial charge >= 0.3 is 5.97 Å². The van der Waals surface area contributed by atoms with E-state index in [1.165, 1.54) is 4.90 Å². The third-order valence-electron chi connectivity index (χ3n) is 2.58. The lowest BCUT2D eigenvalue weighted by Gasteiger charge is -2.27. The maximum absolute atomic E-state index is 12.3. The van der Waals surface area contributed by atoms with Crippen LogP contribution in [-0.4, -0.2) is 40.2 Å². The van der Waals surface area contributed by atoms with Gasteiger partial charge in [-0.15, -0.1) is 0 Å². The highest BCUT2D eigenvalue weighted by Crippen LogP contribution is 2.11. The van der Waals surface area contributed by atoms with Gasteiger partial charge in [0.15, 0.2) is 0 Å². The third kappa shape index (κ3) is 3.50. The molecule has 18 heavy (non-hydrogen) atoms. The minimum Gasteiger partial charge on any atom is -0.480 e. The molecular weight excluding hydrogens is 250 g/mol. The van der Waals surface area contributed by atoms with Gasteiger partial charge in [0.05, 0.1) is 0 Å². The van der Waals surface area contributed by atoms with Gasteiger partial charge in [0.25, 0.3) is 5.91 Å². The number of hydrogen-bond donors (Lipinski definition) is 2. The van der Waals surface area contributed by atoms with E-state index in [1.54, 1.807) is 24.3 Å². The first kappa shape index (κ1) is 14.6. The zero-order chi connectivity index (χ0) is 13.5. The molecule has 5 heteroatoms. The van der Waals surface area contributed by atoms with Crippen molar-refractivity contribution in [2.45, 2.75) is 19.4 Å². The summed E-state index contributed by atoms with van der Waals surface area (Å²) in [7, 11) is 0. The molecule has 0 radical (unpaired) electrons. The Morgan fingerprint density at radius 2 is 1.94 bits per heavy atom. The zero-order valence-corrected chi connectivity index (χ0v) is 11.1. The minimum absolute atomic E-state index is 0.105. The molecule has 1 aromatic rings.